The minimum absolute atomic E-state index is 0.0252. The zero-order valence-electron chi connectivity index (χ0n) is 13.8. The standard InChI is InChI=1S/C17H29N3O/c1-5-18-16(20-17(2,3)4)19-13-9-10-14-21-15-11-7-6-8-12-15/h6-8,11-12H,5,9-10,13-14H2,1-4H3,(H2,18,19,20). The Morgan fingerprint density at radius 1 is 1.14 bits per heavy atom. The average molecular weight is 291 g/mol. The van der Waals surface area contributed by atoms with Crippen molar-refractivity contribution in [1.82, 2.24) is 10.6 Å². The zero-order chi connectivity index (χ0) is 15.6. The van der Waals surface area contributed by atoms with Crippen molar-refractivity contribution in [3.05, 3.63) is 30.3 Å². The number of para-hydroxylation sites is 1. The van der Waals surface area contributed by atoms with E-state index >= 15 is 0 Å². The smallest absolute Gasteiger partial charge is 0.191 e. The lowest BCUT2D eigenvalue weighted by Crippen LogP contribution is -2.47. The van der Waals surface area contributed by atoms with E-state index in [1.165, 1.54) is 0 Å². The Hall–Kier alpha value is -1.71. The Kier molecular flexibility index (Phi) is 7.65. The van der Waals surface area contributed by atoms with E-state index in [0.717, 1.165) is 44.2 Å². The van der Waals surface area contributed by atoms with Crippen molar-refractivity contribution in [1.29, 1.82) is 0 Å². The highest BCUT2D eigenvalue weighted by Gasteiger charge is 2.11. The Bertz CT molecular complexity index is 410. The minimum Gasteiger partial charge on any atom is -0.494 e. The maximum atomic E-state index is 5.66. The molecule has 0 aliphatic rings. The van der Waals surface area contributed by atoms with Crippen LogP contribution in [0.1, 0.15) is 40.5 Å². The van der Waals surface area contributed by atoms with E-state index in [1.807, 2.05) is 30.3 Å². The fourth-order valence-electron chi connectivity index (χ4n) is 1.77. The molecule has 1 aromatic rings. The molecule has 0 atom stereocenters. The number of hydrogen-bond donors (Lipinski definition) is 2. The topological polar surface area (TPSA) is 45.7 Å². The first-order valence-corrected chi connectivity index (χ1v) is 7.75. The normalized spacial score (nSPS) is 12.1. The summed E-state index contributed by atoms with van der Waals surface area (Å²) in [5.41, 5.74) is 0.0252. The molecule has 0 aliphatic heterocycles. The average Bonchev–Trinajstić information content (AvgIpc) is 2.42. The van der Waals surface area contributed by atoms with Gasteiger partial charge in [-0.3, -0.25) is 4.99 Å². The first-order chi connectivity index (χ1) is 10.0. The minimum atomic E-state index is 0.0252. The monoisotopic (exact) mass is 291 g/mol. The Morgan fingerprint density at radius 2 is 1.86 bits per heavy atom. The van der Waals surface area contributed by atoms with Gasteiger partial charge in [-0.2, -0.15) is 0 Å². The molecule has 118 valence electrons. The lowest BCUT2D eigenvalue weighted by molar-refractivity contribution is 0.308. The van der Waals surface area contributed by atoms with Crippen LogP contribution in [0.2, 0.25) is 0 Å². The van der Waals surface area contributed by atoms with Crippen molar-refractivity contribution in [2.24, 2.45) is 4.99 Å². The van der Waals surface area contributed by atoms with Gasteiger partial charge in [-0.1, -0.05) is 18.2 Å². The van der Waals surface area contributed by atoms with Gasteiger partial charge in [-0.25, -0.2) is 0 Å². The van der Waals surface area contributed by atoms with Gasteiger partial charge in [0.2, 0.25) is 0 Å². The highest BCUT2D eigenvalue weighted by atomic mass is 16.5. The lowest BCUT2D eigenvalue weighted by Gasteiger charge is -2.23. The van der Waals surface area contributed by atoms with Crippen molar-refractivity contribution in [3.63, 3.8) is 0 Å². The molecule has 1 aromatic carbocycles. The maximum absolute atomic E-state index is 5.66. The van der Waals surface area contributed by atoms with Crippen molar-refractivity contribution >= 4 is 5.96 Å². The first-order valence-electron chi connectivity index (χ1n) is 7.75. The molecular formula is C17H29N3O. The molecule has 0 spiro atoms. The Balaban J connectivity index is 2.22. The summed E-state index contributed by atoms with van der Waals surface area (Å²) >= 11 is 0. The second-order valence-electron chi connectivity index (χ2n) is 6.00. The fourth-order valence-corrected chi connectivity index (χ4v) is 1.77. The van der Waals surface area contributed by atoms with Crippen molar-refractivity contribution in [3.8, 4) is 5.75 Å². The van der Waals surface area contributed by atoms with Crippen LogP contribution in [0.25, 0.3) is 0 Å². The van der Waals surface area contributed by atoms with Gasteiger partial charge >= 0.3 is 0 Å². The van der Waals surface area contributed by atoms with Gasteiger partial charge in [-0.15, -0.1) is 0 Å². The summed E-state index contributed by atoms with van der Waals surface area (Å²) < 4.78 is 5.66. The molecule has 0 saturated carbocycles. The van der Waals surface area contributed by atoms with Gasteiger partial charge in [0.25, 0.3) is 0 Å². The number of unbranched alkanes of at least 4 members (excludes halogenated alkanes) is 1. The van der Waals surface area contributed by atoms with E-state index in [4.69, 9.17) is 4.74 Å². The third kappa shape index (κ3) is 8.95. The van der Waals surface area contributed by atoms with Crippen molar-refractivity contribution < 1.29 is 4.74 Å². The highest BCUT2D eigenvalue weighted by Crippen LogP contribution is 2.08. The van der Waals surface area contributed by atoms with E-state index in [9.17, 15) is 0 Å². The summed E-state index contributed by atoms with van der Waals surface area (Å²) in [4.78, 5) is 4.58. The number of guanidine groups is 1. The number of benzene rings is 1. The van der Waals surface area contributed by atoms with Crippen molar-refractivity contribution in [2.75, 3.05) is 19.7 Å². The number of nitrogens with zero attached hydrogens (tertiary/aromatic N) is 1. The van der Waals surface area contributed by atoms with Crippen LogP contribution in [-0.2, 0) is 0 Å². The number of rotatable bonds is 7. The van der Waals surface area contributed by atoms with Gasteiger partial charge in [0.1, 0.15) is 5.75 Å². The van der Waals surface area contributed by atoms with Gasteiger partial charge in [0.15, 0.2) is 5.96 Å². The largest absolute Gasteiger partial charge is 0.494 e. The molecule has 0 aliphatic carbocycles. The highest BCUT2D eigenvalue weighted by molar-refractivity contribution is 5.80. The van der Waals surface area contributed by atoms with E-state index in [2.05, 4.69) is 43.3 Å². The van der Waals surface area contributed by atoms with Crippen molar-refractivity contribution in [2.45, 2.75) is 46.1 Å². The predicted octanol–water partition coefficient (Wildman–Crippen LogP) is 3.20. The lowest BCUT2D eigenvalue weighted by atomic mass is 10.1. The molecule has 2 N–H and O–H groups in total. The molecule has 1 rings (SSSR count). The molecule has 21 heavy (non-hydrogen) atoms. The fraction of sp³-hybridized carbons (Fsp3) is 0.588. The van der Waals surface area contributed by atoms with Crippen LogP contribution >= 0.6 is 0 Å². The van der Waals surface area contributed by atoms with Gasteiger partial charge in [0.05, 0.1) is 6.61 Å². The van der Waals surface area contributed by atoms with E-state index < -0.39 is 0 Å². The molecule has 0 radical (unpaired) electrons. The van der Waals surface area contributed by atoms with Crippen LogP contribution in [0.4, 0.5) is 0 Å². The summed E-state index contributed by atoms with van der Waals surface area (Å²) in [6, 6.07) is 9.93. The zero-order valence-corrected chi connectivity index (χ0v) is 13.8. The molecule has 0 bridgehead atoms. The summed E-state index contributed by atoms with van der Waals surface area (Å²) in [6.45, 7) is 10.9. The van der Waals surface area contributed by atoms with Crippen LogP contribution in [-0.4, -0.2) is 31.2 Å². The predicted molar refractivity (Wildman–Crippen MR) is 90.0 cm³/mol. The first kappa shape index (κ1) is 17.3. The van der Waals surface area contributed by atoms with Gasteiger partial charge < -0.3 is 15.4 Å². The van der Waals surface area contributed by atoms with Crippen LogP contribution < -0.4 is 15.4 Å². The molecule has 0 saturated heterocycles. The molecule has 0 aromatic heterocycles. The Morgan fingerprint density at radius 3 is 2.48 bits per heavy atom. The van der Waals surface area contributed by atoms with Crippen LogP contribution in [0, 0.1) is 0 Å². The summed E-state index contributed by atoms with van der Waals surface area (Å²) in [5, 5.41) is 6.65. The van der Waals surface area contributed by atoms with Crippen LogP contribution in [0.15, 0.2) is 35.3 Å². The summed E-state index contributed by atoms with van der Waals surface area (Å²) in [5.74, 6) is 1.82. The SMILES string of the molecule is CCNC(=NCCCCOc1ccccc1)NC(C)(C)C. The molecular weight excluding hydrogens is 262 g/mol. The quantitative estimate of drug-likeness (QED) is 0.461. The third-order valence-electron chi connectivity index (χ3n) is 2.67. The number of aliphatic imine (C=N–C) groups is 1. The number of nitrogens with one attached hydrogen (secondary N) is 2. The third-order valence-corrected chi connectivity index (χ3v) is 2.67. The number of ether oxygens (including phenoxy) is 1. The molecule has 0 unspecified atom stereocenters. The summed E-state index contributed by atoms with van der Waals surface area (Å²) in [7, 11) is 0. The maximum Gasteiger partial charge on any atom is 0.191 e. The van der Waals surface area contributed by atoms with Gasteiger partial charge in [-0.05, 0) is 52.7 Å². The van der Waals surface area contributed by atoms with Gasteiger partial charge in [0, 0.05) is 18.6 Å². The molecule has 0 heterocycles. The number of hydrogen-bond acceptors (Lipinski definition) is 2. The van der Waals surface area contributed by atoms with E-state index in [1.54, 1.807) is 0 Å². The second-order valence-corrected chi connectivity index (χ2v) is 6.00. The van der Waals surface area contributed by atoms with Crippen LogP contribution in [0.5, 0.6) is 5.75 Å². The second kappa shape index (κ2) is 9.27. The van der Waals surface area contributed by atoms with Crippen LogP contribution in [0.3, 0.4) is 0 Å². The molecule has 0 fully saturated rings. The molecule has 4 nitrogen and oxygen atoms in total. The molecule has 0 amide bonds. The Labute approximate surface area is 129 Å². The van der Waals surface area contributed by atoms with E-state index in [0.29, 0.717) is 0 Å². The van der Waals surface area contributed by atoms with E-state index in [-0.39, 0.29) is 5.54 Å². The summed E-state index contributed by atoms with van der Waals surface area (Å²) in [6.07, 6.45) is 2.03. The molecule has 4 heteroatoms.